The number of benzene rings is 1. The largest absolute Gasteiger partial charge is 0.354 e. The average molecular weight is 347 g/mol. The van der Waals surface area contributed by atoms with Crippen LogP contribution in [0.15, 0.2) is 24.3 Å². The lowest BCUT2D eigenvalue weighted by molar-refractivity contribution is -0.123. The molecule has 1 saturated heterocycles. The van der Waals surface area contributed by atoms with E-state index in [0.717, 1.165) is 17.1 Å². The lowest BCUT2D eigenvalue weighted by atomic mass is 10.00. The van der Waals surface area contributed by atoms with Crippen molar-refractivity contribution in [2.45, 2.75) is 32.7 Å². The highest BCUT2D eigenvalue weighted by Crippen LogP contribution is 2.23. The molecule has 1 unspecified atom stereocenters. The fraction of sp³-hybridized carbons (Fsp3) is 0.353. The normalized spacial score (nSPS) is 20.1. The lowest BCUT2D eigenvalue weighted by Crippen LogP contribution is -2.51. The van der Waals surface area contributed by atoms with E-state index < -0.39 is 5.54 Å². The van der Waals surface area contributed by atoms with E-state index in [1.54, 1.807) is 23.7 Å². The van der Waals surface area contributed by atoms with E-state index in [-0.39, 0.29) is 11.8 Å². The molecule has 7 heteroatoms. The molecule has 1 aromatic carbocycles. The summed E-state index contributed by atoms with van der Waals surface area (Å²) in [5.41, 5.74) is 2.08. The van der Waals surface area contributed by atoms with E-state index in [1.807, 2.05) is 26.0 Å². The first-order chi connectivity index (χ1) is 11.3. The molecule has 2 N–H and O–H groups in total. The maximum atomic E-state index is 12.4. The minimum absolute atomic E-state index is 0.148. The molecule has 1 aliphatic rings. The molecule has 0 spiro atoms. The minimum Gasteiger partial charge on any atom is -0.354 e. The van der Waals surface area contributed by atoms with Crippen molar-refractivity contribution in [3.63, 3.8) is 0 Å². The number of nitrogens with one attached hydrogen (secondary N) is 2. The second-order valence-corrected chi connectivity index (χ2v) is 6.61. The summed E-state index contributed by atoms with van der Waals surface area (Å²) in [7, 11) is 0. The number of hydrogen-bond donors (Lipinski definition) is 2. The first-order valence-electron chi connectivity index (χ1n) is 7.75. The van der Waals surface area contributed by atoms with Crippen molar-refractivity contribution >= 4 is 23.4 Å². The van der Waals surface area contributed by atoms with Crippen molar-refractivity contribution in [1.29, 1.82) is 0 Å². The Balaban J connectivity index is 1.80. The first kappa shape index (κ1) is 16.5. The lowest BCUT2D eigenvalue weighted by Gasteiger charge is -2.22. The van der Waals surface area contributed by atoms with Gasteiger partial charge in [0, 0.05) is 12.1 Å². The molecule has 0 saturated carbocycles. The van der Waals surface area contributed by atoms with Gasteiger partial charge in [-0.05, 0) is 51.5 Å². The monoisotopic (exact) mass is 346 g/mol. The third-order valence-electron chi connectivity index (χ3n) is 4.38. The van der Waals surface area contributed by atoms with Crippen LogP contribution in [0.3, 0.4) is 0 Å². The van der Waals surface area contributed by atoms with Crippen molar-refractivity contribution in [2.24, 2.45) is 0 Å². The van der Waals surface area contributed by atoms with Crippen molar-refractivity contribution in [2.75, 3.05) is 6.54 Å². The van der Waals surface area contributed by atoms with Gasteiger partial charge in [-0.25, -0.2) is 4.68 Å². The summed E-state index contributed by atoms with van der Waals surface area (Å²) in [4.78, 5) is 24.2. The highest BCUT2D eigenvalue weighted by atomic mass is 35.5. The molecule has 1 aliphatic heterocycles. The number of nitrogens with zero attached hydrogens (tertiary/aromatic N) is 2. The number of carbonyl (C=O) groups excluding carboxylic acids is 2. The van der Waals surface area contributed by atoms with E-state index in [4.69, 9.17) is 11.6 Å². The zero-order valence-electron chi connectivity index (χ0n) is 13.8. The summed E-state index contributed by atoms with van der Waals surface area (Å²) in [5.74, 6) is -0.419. The van der Waals surface area contributed by atoms with E-state index in [0.29, 0.717) is 23.6 Å². The van der Waals surface area contributed by atoms with Gasteiger partial charge >= 0.3 is 0 Å². The predicted octanol–water partition coefficient (Wildman–Crippen LogP) is 2.15. The van der Waals surface area contributed by atoms with E-state index in [1.165, 1.54) is 0 Å². The fourth-order valence-corrected chi connectivity index (χ4v) is 2.92. The number of aromatic nitrogens is 2. The van der Waals surface area contributed by atoms with Crippen LogP contribution >= 0.6 is 11.6 Å². The van der Waals surface area contributed by atoms with Crippen molar-refractivity contribution < 1.29 is 9.59 Å². The van der Waals surface area contributed by atoms with E-state index >= 15 is 0 Å². The van der Waals surface area contributed by atoms with Gasteiger partial charge in [0.05, 0.1) is 22.1 Å². The molecule has 6 nitrogen and oxygen atoms in total. The molecule has 2 amide bonds. The van der Waals surface area contributed by atoms with Gasteiger partial charge in [-0.15, -0.1) is 0 Å². The summed E-state index contributed by atoms with van der Waals surface area (Å²) < 4.78 is 1.74. The fourth-order valence-electron chi connectivity index (χ4n) is 2.81. The van der Waals surface area contributed by atoms with Gasteiger partial charge in [0.1, 0.15) is 5.54 Å². The summed E-state index contributed by atoms with van der Waals surface area (Å²) in [6.45, 7) is 6.05. The molecule has 0 radical (unpaired) electrons. The van der Waals surface area contributed by atoms with Crippen LogP contribution in [0.1, 0.15) is 35.1 Å². The zero-order chi connectivity index (χ0) is 17.5. The highest BCUT2D eigenvalue weighted by Gasteiger charge is 2.39. The second-order valence-electron chi connectivity index (χ2n) is 6.24. The summed E-state index contributed by atoms with van der Waals surface area (Å²) in [6.07, 6.45) is 0.583. The number of amides is 2. The Hall–Kier alpha value is -2.34. The molecular weight excluding hydrogens is 328 g/mol. The topological polar surface area (TPSA) is 76.0 Å². The third kappa shape index (κ3) is 2.78. The van der Waals surface area contributed by atoms with Crippen LogP contribution in [-0.4, -0.2) is 33.7 Å². The van der Waals surface area contributed by atoms with Crippen molar-refractivity contribution in [1.82, 2.24) is 20.4 Å². The maximum Gasteiger partial charge on any atom is 0.252 e. The molecule has 24 heavy (non-hydrogen) atoms. The van der Waals surface area contributed by atoms with Gasteiger partial charge in [-0.2, -0.15) is 5.10 Å². The Morgan fingerprint density at radius 2 is 2.00 bits per heavy atom. The zero-order valence-corrected chi connectivity index (χ0v) is 14.6. The minimum atomic E-state index is -0.848. The quantitative estimate of drug-likeness (QED) is 0.894. The Labute approximate surface area is 145 Å². The molecule has 126 valence electrons. The molecular formula is C17H19ClN4O2. The number of rotatable bonds is 3. The number of carbonyl (C=O) groups is 2. The van der Waals surface area contributed by atoms with Crippen LogP contribution in [0.2, 0.25) is 5.02 Å². The molecule has 1 atom stereocenters. The van der Waals surface area contributed by atoms with Crippen molar-refractivity contribution in [3.8, 4) is 5.69 Å². The average Bonchev–Trinajstić information content (AvgIpc) is 3.01. The molecule has 0 aliphatic carbocycles. The number of halogens is 1. The van der Waals surface area contributed by atoms with E-state index in [9.17, 15) is 9.59 Å². The number of aryl methyl sites for hydroxylation is 1. The van der Waals surface area contributed by atoms with Crippen LogP contribution in [0.25, 0.3) is 5.69 Å². The van der Waals surface area contributed by atoms with Crippen LogP contribution in [-0.2, 0) is 4.79 Å². The Morgan fingerprint density at radius 1 is 1.33 bits per heavy atom. The van der Waals surface area contributed by atoms with Crippen LogP contribution in [0, 0.1) is 13.8 Å². The Morgan fingerprint density at radius 3 is 2.50 bits per heavy atom. The summed E-state index contributed by atoms with van der Waals surface area (Å²) in [5, 5.41) is 10.6. The Bertz CT molecular complexity index is 813. The van der Waals surface area contributed by atoms with Gasteiger partial charge in [0.25, 0.3) is 5.91 Å². The van der Waals surface area contributed by atoms with Crippen LogP contribution in [0.4, 0.5) is 0 Å². The summed E-state index contributed by atoms with van der Waals surface area (Å²) >= 11 is 6.17. The van der Waals surface area contributed by atoms with Gasteiger partial charge in [-0.3, -0.25) is 9.59 Å². The summed E-state index contributed by atoms with van der Waals surface area (Å²) in [6, 6.07) is 7.04. The van der Waals surface area contributed by atoms with Gasteiger partial charge < -0.3 is 10.6 Å². The van der Waals surface area contributed by atoms with Gasteiger partial charge in [0.2, 0.25) is 5.91 Å². The standard InChI is InChI=1S/C17H19ClN4O2/c1-10-14(18)11(2)22(21-10)13-6-4-12(5-7-13)15(23)20-17(3)8-9-19-16(17)24/h4-7H,8-9H2,1-3H3,(H,19,24)(H,20,23). The maximum absolute atomic E-state index is 12.4. The molecule has 1 aromatic heterocycles. The van der Waals surface area contributed by atoms with Gasteiger partial charge in [0.15, 0.2) is 0 Å². The Kier molecular flexibility index (Phi) is 4.09. The van der Waals surface area contributed by atoms with Gasteiger partial charge in [-0.1, -0.05) is 11.6 Å². The smallest absolute Gasteiger partial charge is 0.252 e. The second kappa shape index (κ2) is 5.94. The molecule has 0 bridgehead atoms. The molecule has 2 heterocycles. The number of hydrogen-bond acceptors (Lipinski definition) is 3. The third-order valence-corrected chi connectivity index (χ3v) is 4.93. The van der Waals surface area contributed by atoms with Crippen molar-refractivity contribution in [3.05, 3.63) is 46.2 Å². The molecule has 2 aromatic rings. The highest BCUT2D eigenvalue weighted by molar-refractivity contribution is 6.31. The SMILES string of the molecule is Cc1nn(-c2ccc(C(=O)NC3(C)CCNC3=O)cc2)c(C)c1Cl. The first-order valence-corrected chi connectivity index (χ1v) is 8.12. The predicted molar refractivity (Wildman–Crippen MR) is 91.5 cm³/mol. The van der Waals surface area contributed by atoms with Crippen LogP contribution < -0.4 is 10.6 Å². The van der Waals surface area contributed by atoms with Crippen LogP contribution in [0.5, 0.6) is 0 Å². The molecule has 1 fully saturated rings. The molecule has 3 rings (SSSR count). The van der Waals surface area contributed by atoms with E-state index in [2.05, 4.69) is 15.7 Å².